The zero-order valence-corrected chi connectivity index (χ0v) is 10.3. The van der Waals surface area contributed by atoms with E-state index in [-0.39, 0.29) is 0 Å². The Kier molecular flexibility index (Phi) is 4.83. The first-order chi connectivity index (χ1) is 8.38. The average Bonchev–Trinajstić information content (AvgIpc) is 2.79. The second-order valence-electron chi connectivity index (χ2n) is 4.73. The van der Waals surface area contributed by atoms with Gasteiger partial charge in [0, 0.05) is 31.4 Å². The summed E-state index contributed by atoms with van der Waals surface area (Å²) in [5, 5.41) is 12.3. The number of para-hydroxylation sites is 1. The second kappa shape index (κ2) is 6.62. The molecule has 1 saturated heterocycles. The number of nitrogens with zero attached hydrogens (tertiary/aromatic N) is 1. The maximum Gasteiger partial charge on any atom is 0.0431 e. The number of hydrogen-bond acceptors (Lipinski definition) is 3. The predicted octanol–water partition coefficient (Wildman–Crippen LogP) is 1.95. The van der Waals surface area contributed by atoms with E-state index in [1.54, 1.807) is 0 Å². The Morgan fingerprint density at radius 1 is 1.24 bits per heavy atom. The number of unbranched alkanes of at least 4 members (excludes halogenated alkanes) is 1. The van der Waals surface area contributed by atoms with Gasteiger partial charge in [-0.3, -0.25) is 0 Å². The lowest BCUT2D eigenvalue weighted by Crippen LogP contribution is -2.27. The molecule has 1 aromatic rings. The molecule has 1 fully saturated rings. The fourth-order valence-electron chi connectivity index (χ4n) is 2.37. The molecule has 0 aliphatic carbocycles. The van der Waals surface area contributed by atoms with Gasteiger partial charge in [-0.2, -0.15) is 0 Å². The van der Waals surface area contributed by atoms with E-state index in [0.717, 1.165) is 25.9 Å². The van der Waals surface area contributed by atoms with Gasteiger partial charge >= 0.3 is 0 Å². The van der Waals surface area contributed by atoms with Crippen molar-refractivity contribution in [3.05, 3.63) is 30.3 Å². The average molecular weight is 234 g/mol. The van der Waals surface area contributed by atoms with Crippen LogP contribution in [0.25, 0.3) is 0 Å². The van der Waals surface area contributed by atoms with Gasteiger partial charge in [-0.1, -0.05) is 18.2 Å². The van der Waals surface area contributed by atoms with Crippen LogP contribution in [0.4, 0.5) is 5.69 Å². The number of anilines is 1. The van der Waals surface area contributed by atoms with Gasteiger partial charge in [0.05, 0.1) is 0 Å². The van der Waals surface area contributed by atoms with Crippen LogP contribution < -0.4 is 5.32 Å². The standard InChI is InChI=1S/C14H22N2O/c17-11-5-4-9-16-10-8-14(12-16)15-13-6-2-1-3-7-13/h1-3,6-7,14-15,17H,4-5,8-12H2. The Bertz CT molecular complexity index is 315. The third kappa shape index (κ3) is 4.02. The largest absolute Gasteiger partial charge is 0.396 e. The molecule has 1 heterocycles. The lowest BCUT2D eigenvalue weighted by molar-refractivity contribution is 0.263. The van der Waals surface area contributed by atoms with Crippen molar-refractivity contribution in [1.29, 1.82) is 0 Å². The van der Waals surface area contributed by atoms with E-state index in [4.69, 9.17) is 5.11 Å². The number of aliphatic hydroxyl groups excluding tert-OH is 1. The monoisotopic (exact) mass is 234 g/mol. The molecule has 2 rings (SSSR count). The van der Waals surface area contributed by atoms with E-state index in [1.165, 1.54) is 18.7 Å². The number of benzene rings is 1. The van der Waals surface area contributed by atoms with E-state index >= 15 is 0 Å². The van der Waals surface area contributed by atoms with Crippen molar-refractivity contribution in [2.45, 2.75) is 25.3 Å². The molecule has 0 saturated carbocycles. The molecule has 1 aliphatic rings. The Hall–Kier alpha value is -1.06. The van der Waals surface area contributed by atoms with Gasteiger partial charge in [0.15, 0.2) is 0 Å². The summed E-state index contributed by atoms with van der Waals surface area (Å²) in [5.74, 6) is 0. The smallest absolute Gasteiger partial charge is 0.0431 e. The van der Waals surface area contributed by atoms with E-state index in [0.29, 0.717) is 12.6 Å². The molecule has 94 valence electrons. The Balaban J connectivity index is 1.71. The van der Waals surface area contributed by atoms with E-state index in [2.05, 4.69) is 34.5 Å². The van der Waals surface area contributed by atoms with Crippen LogP contribution in [0.15, 0.2) is 30.3 Å². The third-order valence-electron chi connectivity index (χ3n) is 3.30. The van der Waals surface area contributed by atoms with Crippen LogP contribution in [0.5, 0.6) is 0 Å². The van der Waals surface area contributed by atoms with Crippen LogP contribution in [0.3, 0.4) is 0 Å². The topological polar surface area (TPSA) is 35.5 Å². The summed E-state index contributed by atoms with van der Waals surface area (Å²) in [6.45, 7) is 3.74. The number of rotatable bonds is 6. The molecular weight excluding hydrogens is 212 g/mol. The third-order valence-corrected chi connectivity index (χ3v) is 3.30. The van der Waals surface area contributed by atoms with E-state index in [9.17, 15) is 0 Å². The van der Waals surface area contributed by atoms with Gasteiger partial charge in [-0.25, -0.2) is 0 Å². The minimum absolute atomic E-state index is 0.319. The van der Waals surface area contributed by atoms with Gasteiger partial charge in [0.1, 0.15) is 0 Å². The molecule has 1 unspecified atom stereocenters. The molecule has 1 aromatic carbocycles. The lowest BCUT2D eigenvalue weighted by Gasteiger charge is -2.17. The zero-order chi connectivity index (χ0) is 11.9. The molecule has 0 bridgehead atoms. The second-order valence-corrected chi connectivity index (χ2v) is 4.73. The fourth-order valence-corrected chi connectivity index (χ4v) is 2.37. The van der Waals surface area contributed by atoms with Gasteiger partial charge in [0.2, 0.25) is 0 Å². The quantitative estimate of drug-likeness (QED) is 0.738. The first-order valence-electron chi connectivity index (χ1n) is 6.53. The number of nitrogens with one attached hydrogen (secondary N) is 1. The van der Waals surface area contributed by atoms with Crippen LogP contribution in [0, 0.1) is 0 Å². The van der Waals surface area contributed by atoms with Crippen LogP contribution >= 0.6 is 0 Å². The SMILES string of the molecule is OCCCCN1CCC(Nc2ccccc2)C1. The maximum absolute atomic E-state index is 8.76. The molecule has 1 atom stereocenters. The molecule has 0 spiro atoms. The summed E-state index contributed by atoms with van der Waals surface area (Å²) >= 11 is 0. The van der Waals surface area contributed by atoms with Crippen LogP contribution in [0.1, 0.15) is 19.3 Å². The normalized spacial score (nSPS) is 20.6. The Labute approximate surface area is 103 Å². The highest BCUT2D eigenvalue weighted by molar-refractivity contribution is 5.43. The first-order valence-corrected chi connectivity index (χ1v) is 6.53. The summed E-state index contributed by atoms with van der Waals surface area (Å²) < 4.78 is 0. The molecule has 0 amide bonds. The zero-order valence-electron chi connectivity index (χ0n) is 10.3. The Morgan fingerprint density at radius 3 is 2.82 bits per heavy atom. The molecule has 3 nitrogen and oxygen atoms in total. The molecule has 17 heavy (non-hydrogen) atoms. The van der Waals surface area contributed by atoms with Crippen molar-refractivity contribution in [1.82, 2.24) is 4.90 Å². The Morgan fingerprint density at radius 2 is 2.06 bits per heavy atom. The highest BCUT2D eigenvalue weighted by atomic mass is 16.2. The fraction of sp³-hybridized carbons (Fsp3) is 0.571. The van der Waals surface area contributed by atoms with Gasteiger partial charge in [-0.15, -0.1) is 0 Å². The molecule has 2 N–H and O–H groups in total. The van der Waals surface area contributed by atoms with Gasteiger partial charge < -0.3 is 15.3 Å². The predicted molar refractivity (Wildman–Crippen MR) is 71.2 cm³/mol. The van der Waals surface area contributed by atoms with Crippen LogP contribution in [-0.4, -0.2) is 42.3 Å². The summed E-state index contributed by atoms with van der Waals surface area (Å²) in [6.07, 6.45) is 3.25. The molecule has 3 heteroatoms. The summed E-state index contributed by atoms with van der Waals surface area (Å²) in [6, 6.07) is 11.0. The van der Waals surface area contributed by atoms with Crippen molar-refractivity contribution in [3.8, 4) is 0 Å². The number of aliphatic hydroxyl groups is 1. The van der Waals surface area contributed by atoms with Gasteiger partial charge in [-0.05, 0) is 37.9 Å². The lowest BCUT2D eigenvalue weighted by atomic mass is 10.2. The summed E-state index contributed by atoms with van der Waals surface area (Å²) in [5.41, 5.74) is 1.22. The number of hydrogen-bond donors (Lipinski definition) is 2. The highest BCUT2D eigenvalue weighted by Gasteiger charge is 2.21. The van der Waals surface area contributed by atoms with Crippen molar-refractivity contribution < 1.29 is 5.11 Å². The summed E-state index contributed by atoms with van der Waals surface area (Å²) in [4.78, 5) is 2.48. The van der Waals surface area contributed by atoms with Crippen molar-refractivity contribution >= 4 is 5.69 Å². The molecule has 0 aromatic heterocycles. The van der Waals surface area contributed by atoms with Crippen molar-refractivity contribution in [2.24, 2.45) is 0 Å². The van der Waals surface area contributed by atoms with E-state index in [1.807, 2.05) is 6.07 Å². The van der Waals surface area contributed by atoms with Gasteiger partial charge in [0.25, 0.3) is 0 Å². The van der Waals surface area contributed by atoms with E-state index < -0.39 is 0 Å². The summed E-state index contributed by atoms with van der Waals surface area (Å²) in [7, 11) is 0. The first kappa shape index (κ1) is 12.4. The van der Waals surface area contributed by atoms with Crippen LogP contribution in [0.2, 0.25) is 0 Å². The number of likely N-dealkylation sites (tertiary alicyclic amines) is 1. The molecule has 1 aliphatic heterocycles. The minimum Gasteiger partial charge on any atom is -0.396 e. The molecular formula is C14H22N2O. The maximum atomic E-state index is 8.76. The molecule has 0 radical (unpaired) electrons. The van der Waals surface area contributed by atoms with Crippen molar-refractivity contribution in [3.63, 3.8) is 0 Å². The van der Waals surface area contributed by atoms with Crippen LogP contribution in [-0.2, 0) is 0 Å². The highest BCUT2D eigenvalue weighted by Crippen LogP contribution is 2.15. The van der Waals surface area contributed by atoms with Crippen molar-refractivity contribution in [2.75, 3.05) is 31.6 Å². The minimum atomic E-state index is 0.319.